The predicted molar refractivity (Wildman–Crippen MR) is 98.9 cm³/mol. The van der Waals surface area contributed by atoms with Gasteiger partial charge in [-0.1, -0.05) is 37.3 Å². The van der Waals surface area contributed by atoms with Crippen molar-refractivity contribution in [1.29, 1.82) is 0 Å². The number of hydrogen-bond donors (Lipinski definition) is 2. The highest BCUT2D eigenvalue weighted by Gasteiger charge is 2.38. The monoisotopic (exact) mass is 343 g/mol. The lowest BCUT2D eigenvalue weighted by molar-refractivity contribution is 0.0248. The minimum Gasteiger partial charge on any atom is -0.380 e. The van der Waals surface area contributed by atoms with Crippen molar-refractivity contribution in [3.05, 3.63) is 80.7 Å². The Morgan fingerprint density at radius 1 is 1.00 bits per heavy atom. The number of benzene rings is 1. The second kappa shape index (κ2) is 7.41. The third kappa shape index (κ3) is 3.56. The molecule has 3 rings (SSSR count). The molecule has 2 heterocycles. The molecular weight excluding hydrogens is 322 g/mol. The molecule has 0 bridgehead atoms. The van der Waals surface area contributed by atoms with Crippen LogP contribution in [0.3, 0.4) is 0 Å². The van der Waals surface area contributed by atoms with Gasteiger partial charge in [-0.2, -0.15) is 22.7 Å². The first kappa shape index (κ1) is 16.4. The van der Waals surface area contributed by atoms with Gasteiger partial charge < -0.3 is 10.4 Å². The molecule has 2 aromatic heterocycles. The van der Waals surface area contributed by atoms with Crippen molar-refractivity contribution < 1.29 is 5.11 Å². The van der Waals surface area contributed by atoms with Gasteiger partial charge >= 0.3 is 0 Å². The van der Waals surface area contributed by atoms with Crippen molar-refractivity contribution in [1.82, 2.24) is 5.32 Å². The van der Waals surface area contributed by atoms with E-state index in [9.17, 15) is 5.11 Å². The quantitative estimate of drug-likeness (QED) is 0.663. The van der Waals surface area contributed by atoms with Gasteiger partial charge in [-0.15, -0.1) is 0 Å². The van der Waals surface area contributed by atoms with Crippen molar-refractivity contribution in [2.24, 2.45) is 5.92 Å². The van der Waals surface area contributed by atoms with Crippen molar-refractivity contribution in [3.8, 4) is 0 Å². The number of nitrogens with one attached hydrogen (secondary N) is 1. The number of aliphatic hydroxyl groups is 1. The molecule has 120 valence electrons. The van der Waals surface area contributed by atoms with E-state index in [0.717, 1.165) is 24.2 Å². The van der Waals surface area contributed by atoms with Crippen molar-refractivity contribution in [3.63, 3.8) is 0 Å². The highest BCUT2D eigenvalue weighted by atomic mass is 32.1. The summed E-state index contributed by atoms with van der Waals surface area (Å²) in [6, 6.07) is 14.4. The van der Waals surface area contributed by atoms with Gasteiger partial charge in [0.25, 0.3) is 0 Å². The van der Waals surface area contributed by atoms with Crippen LogP contribution in [0.1, 0.15) is 23.6 Å². The van der Waals surface area contributed by atoms with Crippen molar-refractivity contribution in [2.45, 2.75) is 19.1 Å². The molecule has 0 amide bonds. The van der Waals surface area contributed by atoms with Gasteiger partial charge in [0.1, 0.15) is 5.60 Å². The molecule has 0 fully saturated rings. The summed E-state index contributed by atoms with van der Waals surface area (Å²) in [4.78, 5) is 0. The maximum absolute atomic E-state index is 11.5. The molecule has 0 saturated heterocycles. The third-order valence-corrected chi connectivity index (χ3v) is 5.62. The van der Waals surface area contributed by atoms with E-state index in [0.29, 0.717) is 0 Å². The fourth-order valence-corrected chi connectivity index (χ4v) is 4.29. The van der Waals surface area contributed by atoms with Crippen LogP contribution in [0.4, 0.5) is 0 Å². The molecular formula is C19H21NOS2. The Kier molecular flexibility index (Phi) is 5.28. The van der Waals surface area contributed by atoms with Crippen LogP contribution in [-0.2, 0) is 12.1 Å². The van der Waals surface area contributed by atoms with Gasteiger partial charge in [-0.05, 0) is 50.3 Å². The van der Waals surface area contributed by atoms with Crippen LogP contribution in [0.15, 0.2) is 64.0 Å². The first-order valence-corrected chi connectivity index (χ1v) is 9.62. The molecule has 0 spiro atoms. The van der Waals surface area contributed by atoms with Crippen LogP contribution >= 0.6 is 22.7 Å². The van der Waals surface area contributed by atoms with E-state index in [1.807, 2.05) is 51.9 Å². The Balaban J connectivity index is 1.73. The molecule has 1 aromatic carbocycles. The van der Waals surface area contributed by atoms with Gasteiger partial charge in [0.2, 0.25) is 0 Å². The number of thiophene rings is 2. The molecule has 0 aliphatic rings. The Labute approximate surface area is 145 Å². The molecule has 23 heavy (non-hydrogen) atoms. The normalized spacial score (nSPS) is 13.1. The minimum absolute atomic E-state index is 0.0652. The van der Waals surface area contributed by atoms with Crippen molar-refractivity contribution >= 4 is 22.7 Å². The maximum atomic E-state index is 11.5. The Bertz CT molecular complexity index is 658. The van der Waals surface area contributed by atoms with Gasteiger partial charge in [0.15, 0.2) is 0 Å². The molecule has 0 aliphatic heterocycles. The molecule has 4 heteroatoms. The highest BCUT2D eigenvalue weighted by molar-refractivity contribution is 7.08. The van der Waals surface area contributed by atoms with Crippen molar-refractivity contribution in [2.75, 3.05) is 6.54 Å². The summed E-state index contributed by atoms with van der Waals surface area (Å²) in [5, 5.41) is 23.1. The SMILES string of the molecule is CC(CNCc1ccccc1)C(O)(c1ccsc1)c1ccsc1. The summed E-state index contributed by atoms with van der Waals surface area (Å²) in [6.07, 6.45) is 0. The predicted octanol–water partition coefficient (Wildman–Crippen LogP) is 4.47. The number of rotatable bonds is 7. The topological polar surface area (TPSA) is 32.3 Å². The van der Waals surface area contributed by atoms with Crippen LogP contribution in [0.5, 0.6) is 0 Å². The summed E-state index contributed by atoms with van der Waals surface area (Å²) in [5.41, 5.74) is 2.28. The zero-order valence-electron chi connectivity index (χ0n) is 13.1. The molecule has 3 aromatic rings. The van der Waals surface area contributed by atoms with Gasteiger partial charge in [-0.3, -0.25) is 0 Å². The van der Waals surface area contributed by atoms with E-state index >= 15 is 0 Å². The zero-order valence-corrected chi connectivity index (χ0v) is 14.7. The highest BCUT2D eigenvalue weighted by Crippen LogP contribution is 2.38. The summed E-state index contributed by atoms with van der Waals surface area (Å²) >= 11 is 3.25. The standard InChI is InChI=1S/C19H21NOS2/c1-15(11-20-12-16-5-3-2-4-6-16)19(21,17-7-9-22-13-17)18-8-10-23-14-18/h2-10,13-15,20-21H,11-12H2,1H3. The van der Waals surface area contributed by atoms with Crippen LogP contribution in [0.2, 0.25) is 0 Å². The van der Waals surface area contributed by atoms with Crippen LogP contribution < -0.4 is 5.32 Å². The fourth-order valence-electron chi connectivity index (χ4n) is 2.87. The summed E-state index contributed by atoms with van der Waals surface area (Å²) < 4.78 is 0. The lowest BCUT2D eigenvalue weighted by Crippen LogP contribution is -2.39. The van der Waals surface area contributed by atoms with Gasteiger partial charge in [0.05, 0.1) is 0 Å². The lowest BCUT2D eigenvalue weighted by atomic mass is 9.79. The van der Waals surface area contributed by atoms with E-state index < -0.39 is 5.60 Å². The smallest absolute Gasteiger partial charge is 0.120 e. The summed E-state index contributed by atoms with van der Waals surface area (Å²) in [7, 11) is 0. The van der Waals surface area contributed by atoms with E-state index in [1.165, 1.54) is 5.56 Å². The largest absolute Gasteiger partial charge is 0.380 e. The second-order valence-electron chi connectivity index (χ2n) is 5.81. The molecule has 0 saturated carbocycles. The average Bonchev–Trinajstić information content (AvgIpc) is 3.28. The molecule has 2 nitrogen and oxygen atoms in total. The summed E-state index contributed by atoms with van der Waals surface area (Å²) in [5.74, 6) is 0.0652. The Morgan fingerprint density at radius 2 is 1.61 bits per heavy atom. The lowest BCUT2D eigenvalue weighted by Gasteiger charge is -2.34. The van der Waals surface area contributed by atoms with Gasteiger partial charge in [0, 0.05) is 19.0 Å². The summed E-state index contributed by atoms with van der Waals surface area (Å²) in [6.45, 7) is 3.67. The molecule has 1 unspecified atom stereocenters. The molecule has 1 atom stereocenters. The third-order valence-electron chi connectivity index (χ3n) is 4.26. The molecule has 0 radical (unpaired) electrons. The second-order valence-corrected chi connectivity index (χ2v) is 7.37. The Morgan fingerprint density at radius 3 is 2.13 bits per heavy atom. The van der Waals surface area contributed by atoms with E-state index in [4.69, 9.17) is 0 Å². The number of hydrogen-bond acceptors (Lipinski definition) is 4. The molecule has 2 N–H and O–H groups in total. The average molecular weight is 344 g/mol. The fraction of sp³-hybridized carbons (Fsp3) is 0.263. The van der Waals surface area contributed by atoms with Crippen LogP contribution in [0, 0.1) is 5.92 Å². The first-order valence-electron chi connectivity index (χ1n) is 7.73. The van der Waals surface area contributed by atoms with E-state index in [-0.39, 0.29) is 5.92 Å². The minimum atomic E-state index is -0.941. The maximum Gasteiger partial charge on any atom is 0.120 e. The van der Waals surface area contributed by atoms with Gasteiger partial charge in [-0.25, -0.2) is 0 Å². The van der Waals surface area contributed by atoms with E-state index in [1.54, 1.807) is 22.7 Å². The van der Waals surface area contributed by atoms with E-state index in [2.05, 4.69) is 24.4 Å². The molecule has 0 aliphatic carbocycles. The first-order chi connectivity index (χ1) is 11.2. The zero-order chi connectivity index (χ0) is 16.1. The Hall–Kier alpha value is -1.46. The van der Waals surface area contributed by atoms with Crippen LogP contribution in [-0.4, -0.2) is 11.7 Å². The van der Waals surface area contributed by atoms with Crippen LogP contribution in [0.25, 0.3) is 0 Å².